The van der Waals surface area contributed by atoms with Crippen LogP contribution in [0.1, 0.15) is 24.8 Å². The standard InChI is InChI=1S/C21H21NO4/c1-13-12-14(15-6-3-4-9-19(15)26-2)10-11-18(13)22-20(23)16-7-5-8-17(16)21(24)25/h3-4,6,9-12H,5,7-8H2,1-2H3,(H,22,23)(H,24,25). The summed E-state index contributed by atoms with van der Waals surface area (Å²) in [5.74, 6) is -0.546. The van der Waals surface area contributed by atoms with Crippen molar-refractivity contribution in [3.05, 3.63) is 59.2 Å². The van der Waals surface area contributed by atoms with E-state index < -0.39 is 5.97 Å². The van der Waals surface area contributed by atoms with Gasteiger partial charge in [-0.2, -0.15) is 0 Å². The van der Waals surface area contributed by atoms with E-state index in [-0.39, 0.29) is 11.5 Å². The molecule has 0 aliphatic heterocycles. The lowest BCUT2D eigenvalue weighted by Crippen LogP contribution is -2.17. The van der Waals surface area contributed by atoms with Gasteiger partial charge in [0.1, 0.15) is 5.75 Å². The third-order valence-corrected chi connectivity index (χ3v) is 4.64. The number of benzene rings is 2. The largest absolute Gasteiger partial charge is 0.496 e. The average Bonchev–Trinajstić information content (AvgIpc) is 3.13. The van der Waals surface area contributed by atoms with Gasteiger partial charge in [-0.05, 0) is 55.5 Å². The summed E-state index contributed by atoms with van der Waals surface area (Å²) in [6.07, 6.45) is 1.66. The minimum atomic E-state index is -1.00. The Kier molecular flexibility index (Phi) is 5.07. The Bertz CT molecular complexity index is 899. The normalized spacial score (nSPS) is 13.6. The molecule has 0 atom stereocenters. The second kappa shape index (κ2) is 7.44. The molecule has 0 fully saturated rings. The molecule has 0 aromatic heterocycles. The van der Waals surface area contributed by atoms with Crippen molar-refractivity contribution in [2.24, 2.45) is 0 Å². The summed E-state index contributed by atoms with van der Waals surface area (Å²) in [6.45, 7) is 1.91. The number of amides is 1. The molecule has 1 aliphatic rings. The van der Waals surface area contributed by atoms with Crippen molar-refractivity contribution in [2.75, 3.05) is 12.4 Å². The van der Waals surface area contributed by atoms with Crippen LogP contribution in [-0.4, -0.2) is 24.1 Å². The zero-order valence-corrected chi connectivity index (χ0v) is 14.8. The minimum Gasteiger partial charge on any atom is -0.496 e. The van der Waals surface area contributed by atoms with Crippen molar-refractivity contribution in [2.45, 2.75) is 26.2 Å². The molecule has 0 saturated heterocycles. The van der Waals surface area contributed by atoms with E-state index in [1.165, 1.54) is 0 Å². The lowest BCUT2D eigenvalue weighted by Gasteiger charge is -2.13. The van der Waals surface area contributed by atoms with Crippen molar-refractivity contribution >= 4 is 17.6 Å². The van der Waals surface area contributed by atoms with E-state index in [1.54, 1.807) is 7.11 Å². The number of carboxylic acid groups (broad SMARTS) is 1. The van der Waals surface area contributed by atoms with Crippen LogP contribution in [0.25, 0.3) is 11.1 Å². The van der Waals surface area contributed by atoms with E-state index in [4.69, 9.17) is 4.74 Å². The van der Waals surface area contributed by atoms with Gasteiger partial charge in [0.15, 0.2) is 0 Å². The zero-order chi connectivity index (χ0) is 18.7. The Morgan fingerprint density at radius 3 is 2.50 bits per heavy atom. The summed E-state index contributed by atoms with van der Waals surface area (Å²) in [6, 6.07) is 13.5. The Balaban J connectivity index is 1.86. The number of anilines is 1. The molecule has 0 radical (unpaired) electrons. The number of nitrogens with one attached hydrogen (secondary N) is 1. The van der Waals surface area contributed by atoms with Crippen molar-refractivity contribution < 1.29 is 19.4 Å². The molecule has 2 N–H and O–H groups in total. The highest BCUT2D eigenvalue weighted by Gasteiger charge is 2.25. The number of carboxylic acids is 1. The van der Waals surface area contributed by atoms with E-state index >= 15 is 0 Å². The van der Waals surface area contributed by atoms with Crippen molar-refractivity contribution in [3.63, 3.8) is 0 Å². The number of rotatable bonds is 5. The van der Waals surface area contributed by atoms with E-state index in [1.807, 2.05) is 49.4 Å². The zero-order valence-electron chi connectivity index (χ0n) is 14.8. The number of hydrogen-bond acceptors (Lipinski definition) is 3. The van der Waals surface area contributed by atoms with E-state index in [2.05, 4.69) is 5.32 Å². The molecule has 3 rings (SSSR count). The number of para-hydroxylation sites is 1. The molecule has 1 aliphatic carbocycles. The second-order valence-electron chi connectivity index (χ2n) is 6.30. The molecule has 0 saturated carbocycles. The first-order valence-electron chi connectivity index (χ1n) is 8.52. The van der Waals surface area contributed by atoms with Gasteiger partial charge in [0, 0.05) is 22.4 Å². The fourth-order valence-corrected chi connectivity index (χ4v) is 3.28. The SMILES string of the molecule is COc1ccccc1-c1ccc(NC(=O)C2=C(C(=O)O)CCC2)c(C)c1. The van der Waals surface area contributed by atoms with Gasteiger partial charge in [-0.1, -0.05) is 24.3 Å². The van der Waals surface area contributed by atoms with Crippen molar-refractivity contribution in [1.29, 1.82) is 0 Å². The molecule has 0 unspecified atom stereocenters. The highest BCUT2D eigenvalue weighted by Crippen LogP contribution is 2.32. The molecule has 5 nitrogen and oxygen atoms in total. The first-order chi connectivity index (χ1) is 12.5. The van der Waals surface area contributed by atoms with Crippen LogP contribution in [0.4, 0.5) is 5.69 Å². The van der Waals surface area contributed by atoms with E-state index in [0.717, 1.165) is 22.4 Å². The molecule has 134 valence electrons. The molecule has 0 heterocycles. The van der Waals surface area contributed by atoms with Crippen LogP contribution in [0, 0.1) is 6.92 Å². The average molecular weight is 351 g/mol. The van der Waals surface area contributed by atoms with Crippen LogP contribution >= 0.6 is 0 Å². The summed E-state index contributed by atoms with van der Waals surface area (Å²) in [4.78, 5) is 23.7. The highest BCUT2D eigenvalue weighted by molar-refractivity contribution is 6.09. The summed E-state index contributed by atoms with van der Waals surface area (Å²) in [5.41, 5.74) is 4.15. The lowest BCUT2D eigenvalue weighted by atomic mass is 10.0. The second-order valence-corrected chi connectivity index (χ2v) is 6.30. The number of aliphatic carboxylic acids is 1. The summed E-state index contributed by atoms with van der Waals surface area (Å²) in [7, 11) is 1.63. The molecular weight excluding hydrogens is 330 g/mol. The smallest absolute Gasteiger partial charge is 0.332 e. The Morgan fingerprint density at radius 2 is 1.81 bits per heavy atom. The Morgan fingerprint density at radius 1 is 1.08 bits per heavy atom. The first kappa shape index (κ1) is 17.7. The fourth-order valence-electron chi connectivity index (χ4n) is 3.28. The molecule has 26 heavy (non-hydrogen) atoms. The van der Waals surface area contributed by atoms with E-state index in [9.17, 15) is 14.7 Å². The van der Waals surface area contributed by atoms with Gasteiger partial charge in [-0.25, -0.2) is 4.79 Å². The van der Waals surface area contributed by atoms with Gasteiger partial charge >= 0.3 is 5.97 Å². The highest BCUT2D eigenvalue weighted by atomic mass is 16.5. The van der Waals surface area contributed by atoms with Gasteiger partial charge < -0.3 is 15.2 Å². The van der Waals surface area contributed by atoms with Crippen LogP contribution in [0.3, 0.4) is 0 Å². The van der Waals surface area contributed by atoms with E-state index in [0.29, 0.717) is 30.5 Å². The van der Waals surface area contributed by atoms with Gasteiger partial charge in [-0.15, -0.1) is 0 Å². The van der Waals surface area contributed by atoms with Crippen LogP contribution in [-0.2, 0) is 9.59 Å². The molecular formula is C21H21NO4. The summed E-state index contributed by atoms with van der Waals surface area (Å²) >= 11 is 0. The third-order valence-electron chi connectivity index (χ3n) is 4.64. The first-order valence-corrected chi connectivity index (χ1v) is 8.52. The molecule has 0 spiro atoms. The Hall–Kier alpha value is -3.08. The van der Waals surface area contributed by atoms with Crippen LogP contribution in [0.2, 0.25) is 0 Å². The summed E-state index contributed by atoms with van der Waals surface area (Å²) < 4.78 is 5.40. The van der Waals surface area contributed by atoms with Crippen LogP contribution < -0.4 is 10.1 Å². The number of methoxy groups -OCH3 is 1. The number of carbonyl (C=O) groups excluding carboxylic acids is 1. The predicted molar refractivity (Wildman–Crippen MR) is 100 cm³/mol. The number of aryl methyl sites for hydroxylation is 1. The topological polar surface area (TPSA) is 75.6 Å². The maximum absolute atomic E-state index is 12.5. The van der Waals surface area contributed by atoms with Crippen LogP contribution in [0.15, 0.2) is 53.6 Å². The Labute approximate surface area is 152 Å². The quantitative estimate of drug-likeness (QED) is 0.847. The van der Waals surface area contributed by atoms with Gasteiger partial charge in [0.25, 0.3) is 5.91 Å². The number of ether oxygens (including phenoxy) is 1. The third kappa shape index (κ3) is 3.47. The fraction of sp³-hybridized carbons (Fsp3) is 0.238. The minimum absolute atomic E-state index is 0.228. The van der Waals surface area contributed by atoms with Crippen LogP contribution in [0.5, 0.6) is 5.75 Å². The summed E-state index contributed by atoms with van der Waals surface area (Å²) in [5, 5.41) is 12.1. The lowest BCUT2D eigenvalue weighted by molar-refractivity contribution is -0.133. The number of carbonyl (C=O) groups is 2. The molecule has 2 aromatic carbocycles. The monoisotopic (exact) mass is 351 g/mol. The predicted octanol–water partition coefficient (Wildman–Crippen LogP) is 4.17. The maximum Gasteiger partial charge on any atom is 0.332 e. The molecule has 2 aromatic rings. The van der Waals surface area contributed by atoms with Crippen molar-refractivity contribution in [1.82, 2.24) is 0 Å². The maximum atomic E-state index is 12.5. The number of hydrogen-bond donors (Lipinski definition) is 2. The van der Waals surface area contributed by atoms with Crippen molar-refractivity contribution in [3.8, 4) is 16.9 Å². The van der Waals surface area contributed by atoms with Gasteiger partial charge in [0.05, 0.1) is 7.11 Å². The molecule has 0 bridgehead atoms. The van der Waals surface area contributed by atoms with Gasteiger partial charge in [0.2, 0.25) is 0 Å². The molecule has 5 heteroatoms. The molecule has 1 amide bonds. The van der Waals surface area contributed by atoms with Gasteiger partial charge in [-0.3, -0.25) is 4.79 Å².